The fourth-order valence-corrected chi connectivity index (χ4v) is 1.76. The maximum Gasteiger partial charge on any atom is 0.352 e. The highest BCUT2D eigenvalue weighted by Crippen LogP contribution is 2.23. The van der Waals surface area contributed by atoms with Gasteiger partial charge in [0.1, 0.15) is 5.70 Å². The number of likely N-dealkylation sites (N-methyl/N-ethyl adjacent to an activating group) is 1. The van der Waals surface area contributed by atoms with Crippen molar-refractivity contribution in [3.8, 4) is 0 Å². The van der Waals surface area contributed by atoms with Gasteiger partial charge in [-0.1, -0.05) is 11.8 Å². The lowest BCUT2D eigenvalue weighted by atomic mass is 10.3. The molecule has 0 radical (unpaired) electrons. The van der Waals surface area contributed by atoms with Gasteiger partial charge in [0.25, 0.3) is 0 Å². The highest BCUT2D eigenvalue weighted by atomic mass is 32.2. The first kappa shape index (κ1) is 11.8. The van der Waals surface area contributed by atoms with Crippen molar-refractivity contribution in [1.29, 1.82) is 0 Å². The van der Waals surface area contributed by atoms with E-state index in [0.717, 1.165) is 0 Å². The predicted octanol–water partition coefficient (Wildman–Crippen LogP) is 0.221. The number of carbonyl (C=O) groups is 2. The van der Waals surface area contributed by atoms with Crippen LogP contribution in [-0.4, -0.2) is 42.4 Å². The smallest absolute Gasteiger partial charge is 0.352 e. The van der Waals surface area contributed by atoms with E-state index in [1.807, 2.05) is 0 Å². The van der Waals surface area contributed by atoms with Crippen molar-refractivity contribution in [3.05, 3.63) is 22.2 Å². The third-order valence-corrected chi connectivity index (χ3v) is 2.38. The minimum Gasteiger partial charge on any atom is -0.477 e. The van der Waals surface area contributed by atoms with Crippen molar-refractivity contribution in [2.75, 3.05) is 20.6 Å². The number of rotatable bonds is 4. The number of hydrogen-bond donors (Lipinski definition) is 2. The summed E-state index contributed by atoms with van der Waals surface area (Å²) < 4.78 is 0. The van der Waals surface area contributed by atoms with Crippen LogP contribution in [0.15, 0.2) is 22.2 Å². The minimum atomic E-state index is -1.02. The highest BCUT2D eigenvalue weighted by Gasteiger charge is 2.16. The quantitative estimate of drug-likeness (QED) is 0.671. The van der Waals surface area contributed by atoms with Crippen LogP contribution in [-0.2, 0) is 9.59 Å². The summed E-state index contributed by atoms with van der Waals surface area (Å²) in [6.45, 7) is 0.314. The van der Waals surface area contributed by atoms with Crippen LogP contribution in [0.4, 0.5) is 0 Å². The van der Waals surface area contributed by atoms with Gasteiger partial charge in [-0.3, -0.25) is 4.79 Å². The molecule has 0 amide bonds. The van der Waals surface area contributed by atoms with Gasteiger partial charge in [-0.25, -0.2) is 4.79 Å². The summed E-state index contributed by atoms with van der Waals surface area (Å²) in [5, 5.41) is 13.3. The van der Waals surface area contributed by atoms with Gasteiger partial charge in [0, 0.05) is 11.5 Å². The van der Waals surface area contributed by atoms with E-state index in [9.17, 15) is 9.59 Å². The average Bonchev–Trinajstić information content (AvgIpc) is 2.50. The van der Waals surface area contributed by atoms with Gasteiger partial charge >= 0.3 is 5.97 Å². The normalized spacial score (nSPS) is 17.8. The Labute approximate surface area is 91.8 Å². The molecule has 0 aromatic heterocycles. The first-order chi connectivity index (χ1) is 6.99. The van der Waals surface area contributed by atoms with E-state index >= 15 is 0 Å². The summed E-state index contributed by atoms with van der Waals surface area (Å²) in [5.41, 5.74) is 0.101. The molecule has 15 heavy (non-hydrogen) atoms. The first-order valence-corrected chi connectivity index (χ1v) is 5.13. The SMILES string of the molecule is CN(C)CC(=O)C=C1NC(C(=O)O)=CS1. The summed E-state index contributed by atoms with van der Waals surface area (Å²) in [6, 6.07) is 0. The lowest BCUT2D eigenvalue weighted by Crippen LogP contribution is -2.21. The van der Waals surface area contributed by atoms with Gasteiger partial charge in [-0.15, -0.1) is 0 Å². The van der Waals surface area contributed by atoms with Gasteiger partial charge in [-0.2, -0.15) is 0 Å². The van der Waals surface area contributed by atoms with Gasteiger partial charge < -0.3 is 15.3 Å². The van der Waals surface area contributed by atoms with E-state index in [4.69, 9.17) is 5.11 Å². The number of ketones is 1. The number of hydrogen-bond acceptors (Lipinski definition) is 5. The Morgan fingerprint density at radius 3 is 2.73 bits per heavy atom. The number of thioether (sulfide) groups is 1. The molecule has 0 aliphatic carbocycles. The number of carboxylic acid groups (broad SMARTS) is 1. The van der Waals surface area contributed by atoms with Crippen LogP contribution in [0.5, 0.6) is 0 Å². The molecule has 0 aromatic carbocycles. The summed E-state index contributed by atoms with van der Waals surface area (Å²) in [6.07, 6.45) is 1.41. The zero-order valence-corrected chi connectivity index (χ0v) is 9.30. The van der Waals surface area contributed by atoms with Crippen LogP contribution in [0, 0.1) is 0 Å². The van der Waals surface area contributed by atoms with Gasteiger partial charge in [-0.05, 0) is 14.1 Å². The Morgan fingerprint density at radius 1 is 1.60 bits per heavy atom. The second kappa shape index (κ2) is 4.99. The van der Waals surface area contributed by atoms with Gasteiger partial charge in [0.2, 0.25) is 0 Å². The van der Waals surface area contributed by atoms with Crippen LogP contribution in [0.3, 0.4) is 0 Å². The van der Waals surface area contributed by atoms with E-state index < -0.39 is 5.97 Å². The maximum absolute atomic E-state index is 11.3. The minimum absolute atomic E-state index is 0.0601. The van der Waals surface area contributed by atoms with Crippen molar-refractivity contribution in [3.63, 3.8) is 0 Å². The van der Waals surface area contributed by atoms with Gasteiger partial charge in [0.15, 0.2) is 5.78 Å². The fraction of sp³-hybridized carbons (Fsp3) is 0.333. The molecule has 5 nitrogen and oxygen atoms in total. The Kier molecular flexibility index (Phi) is 3.93. The molecule has 0 unspecified atom stereocenters. The molecule has 0 bridgehead atoms. The zero-order chi connectivity index (χ0) is 11.4. The summed E-state index contributed by atoms with van der Waals surface area (Å²) in [4.78, 5) is 23.6. The number of aliphatic carboxylic acids is 1. The Balaban J connectivity index is 2.52. The van der Waals surface area contributed by atoms with E-state index in [-0.39, 0.29) is 11.5 Å². The topological polar surface area (TPSA) is 69.6 Å². The monoisotopic (exact) mass is 228 g/mol. The summed E-state index contributed by atoms with van der Waals surface area (Å²) >= 11 is 1.20. The molecule has 0 aromatic rings. The van der Waals surface area contributed by atoms with E-state index in [1.54, 1.807) is 19.0 Å². The van der Waals surface area contributed by atoms with Gasteiger partial charge in [0.05, 0.1) is 11.6 Å². The molecule has 0 saturated heterocycles. The molecule has 2 N–H and O–H groups in total. The molecule has 82 valence electrons. The molecule has 0 atom stereocenters. The maximum atomic E-state index is 11.3. The van der Waals surface area contributed by atoms with E-state index in [2.05, 4.69) is 5.32 Å². The fourth-order valence-electron chi connectivity index (χ4n) is 0.992. The molecule has 0 spiro atoms. The van der Waals surface area contributed by atoms with Crippen molar-refractivity contribution in [2.24, 2.45) is 0 Å². The molecule has 1 heterocycles. The van der Waals surface area contributed by atoms with Crippen LogP contribution < -0.4 is 5.32 Å². The molecule has 1 aliphatic rings. The third-order valence-electron chi connectivity index (χ3n) is 1.56. The van der Waals surface area contributed by atoms with E-state index in [0.29, 0.717) is 11.6 Å². The Bertz CT molecular complexity index is 347. The number of carbonyl (C=O) groups excluding carboxylic acids is 1. The molecule has 0 saturated carbocycles. The van der Waals surface area contributed by atoms with E-state index in [1.165, 1.54) is 23.2 Å². The third kappa shape index (κ3) is 3.77. The van der Waals surface area contributed by atoms with Crippen molar-refractivity contribution >= 4 is 23.5 Å². The predicted molar refractivity (Wildman–Crippen MR) is 58.1 cm³/mol. The average molecular weight is 228 g/mol. The molecule has 1 rings (SSSR count). The van der Waals surface area contributed by atoms with Crippen molar-refractivity contribution < 1.29 is 14.7 Å². The molecule has 1 aliphatic heterocycles. The standard InChI is InChI=1S/C9H12N2O3S/c1-11(2)4-6(12)3-8-10-7(5-15-8)9(13)14/h3,5,10H,4H2,1-2H3,(H,13,14). The molecule has 0 fully saturated rings. The number of nitrogens with one attached hydrogen (secondary N) is 1. The lowest BCUT2D eigenvalue weighted by Gasteiger charge is -2.06. The second-order valence-electron chi connectivity index (χ2n) is 3.29. The largest absolute Gasteiger partial charge is 0.477 e. The van der Waals surface area contributed by atoms with Crippen molar-refractivity contribution in [1.82, 2.24) is 10.2 Å². The van der Waals surface area contributed by atoms with Crippen molar-refractivity contribution in [2.45, 2.75) is 0 Å². The summed E-state index contributed by atoms with van der Waals surface area (Å²) in [7, 11) is 3.60. The highest BCUT2D eigenvalue weighted by molar-refractivity contribution is 8.06. The molecular formula is C9H12N2O3S. The van der Waals surface area contributed by atoms with Crippen LogP contribution in [0.25, 0.3) is 0 Å². The first-order valence-electron chi connectivity index (χ1n) is 4.25. The molecule has 6 heteroatoms. The van der Waals surface area contributed by atoms with Crippen LogP contribution in [0.1, 0.15) is 0 Å². The Morgan fingerprint density at radius 2 is 2.27 bits per heavy atom. The molecular weight excluding hydrogens is 216 g/mol. The zero-order valence-electron chi connectivity index (χ0n) is 8.48. The van der Waals surface area contributed by atoms with Crippen LogP contribution in [0.2, 0.25) is 0 Å². The number of carboxylic acids is 1. The van der Waals surface area contributed by atoms with Crippen LogP contribution >= 0.6 is 11.8 Å². The summed E-state index contributed by atoms with van der Waals surface area (Å²) in [5.74, 6) is -1.08. The lowest BCUT2D eigenvalue weighted by molar-refractivity contribution is -0.133. The number of nitrogens with zero attached hydrogens (tertiary/aromatic N) is 1. The second-order valence-corrected chi connectivity index (χ2v) is 4.20. The Hall–Kier alpha value is -1.27.